The van der Waals surface area contributed by atoms with Crippen molar-refractivity contribution in [3.63, 3.8) is 0 Å². The number of rotatable bonds is 4. The van der Waals surface area contributed by atoms with Crippen LogP contribution in [-0.4, -0.2) is 16.0 Å². The van der Waals surface area contributed by atoms with E-state index in [1.165, 1.54) is 18.2 Å². The summed E-state index contributed by atoms with van der Waals surface area (Å²) >= 11 is 1.97. The number of nitro groups is 1. The van der Waals surface area contributed by atoms with Crippen LogP contribution in [0, 0.1) is 15.9 Å². The average Bonchev–Trinajstić information content (AvgIpc) is 2.77. The molecule has 0 radical (unpaired) electrons. The molecular formula is C11H6FNO4S2. The minimum Gasteiger partial charge on any atom is -0.477 e. The molecule has 98 valence electrons. The van der Waals surface area contributed by atoms with Gasteiger partial charge in [0.05, 0.1) is 9.82 Å². The number of para-hydroxylation sites is 1. The number of nitrogens with zero attached hydrogens (tertiary/aromatic N) is 1. The number of carboxylic acids is 1. The van der Waals surface area contributed by atoms with Crippen molar-refractivity contribution < 1.29 is 19.2 Å². The van der Waals surface area contributed by atoms with E-state index in [0.717, 1.165) is 29.2 Å². The Kier molecular flexibility index (Phi) is 3.82. The summed E-state index contributed by atoms with van der Waals surface area (Å²) in [6.45, 7) is 0. The Morgan fingerprint density at radius 1 is 1.47 bits per heavy atom. The molecule has 1 aromatic heterocycles. The molecule has 8 heteroatoms. The maximum Gasteiger partial charge on any atom is 0.345 e. The van der Waals surface area contributed by atoms with Crippen LogP contribution in [0.25, 0.3) is 0 Å². The van der Waals surface area contributed by atoms with Gasteiger partial charge in [-0.3, -0.25) is 10.1 Å². The van der Waals surface area contributed by atoms with Crippen LogP contribution in [0.3, 0.4) is 0 Å². The fourth-order valence-electron chi connectivity index (χ4n) is 1.37. The number of aromatic carboxylic acids is 1. The Labute approximate surface area is 114 Å². The zero-order chi connectivity index (χ0) is 14.0. The summed E-state index contributed by atoms with van der Waals surface area (Å²) in [4.78, 5) is 21.5. The van der Waals surface area contributed by atoms with Crippen LogP contribution in [0.1, 0.15) is 9.67 Å². The lowest BCUT2D eigenvalue weighted by molar-refractivity contribution is -0.390. The van der Waals surface area contributed by atoms with E-state index in [-0.39, 0.29) is 9.77 Å². The van der Waals surface area contributed by atoms with Gasteiger partial charge < -0.3 is 5.11 Å². The van der Waals surface area contributed by atoms with Gasteiger partial charge in [0.25, 0.3) is 0 Å². The van der Waals surface area contributed by atoms with E-state index < -0.39 is 22.4 Å². The molecule has 0 aliphatic carbocycles. The first-order valence-corrected chi connectivity index (χ1v) is 6.61. The van der Waals surface area contributed by atoms with Gasteiger partial charge in [-0.1, -0.05) is 17.8 Å². The zero-order valence-electron chi connectivity index (χ0n) is 9.20. The fraction of sp³-hybridized carbons (Fsp3) is 0. The third-order valence-corrected chi connectivity index (χ3v) is 4.23. The molecule has 0 spiro atoms. The third kappa shape index (κ3) is 2.91. The molecule has 2 aromatic rings. The van der Waals surface area contributed by atoms with Gasteiger partial charge in [0.1, 0.15) is 4.88 Å². The molecule has 1 N–H and O–H groups in total. The van der Waals surface area contributed by atoms with E-state index in [0.29, 0.717) is 4.90 Å². The van der Waals surface area contributed by atoms with Crippen molar-refractivity contribution in [1.29, 1.82) is 0 Å². The summed E-state index contributed by atoms with van der Waals surface area (Å²) in [5.41, 5.74) is -0.601. The first-order valence-electron chi connectivity index (χ1n) is 4.91. The van der Waals surface area contributed by atoms with E-state index >= 15 is 0 Å². The van der Waals surface area contributed by atoms with E-state index in [1.807, 2.05) is 0 Å². The predicted molar refractivity (Wildman–Crippen MR) is 68.5 cm³/mol. The largest absolute Gasteiger partial charge is 0.477 e. The number of hydrogen-bond acceptors (Lipinski definition) is 5. The quantitative estimate of drug-likeness (QED) is 0.688. The Hall–Kier alpha value is -1.93. The summed E-state index contributed by atoms with van der Waals surface area (Å²) in [5.74, 6) is -1.98. The standard InChI is InChI=1S/C11H6FNO4S2/c12-7-2-1-3-8(10(7)13(16)17)19-6-4-9(11(14)15)18-5-6/h1-5H,(H,14,15). The molecular weight excluding hydrogens is 293 g/mol. The topological polar surface area (TPSA) is 80.4 Å². The minimum atomic E-state index is -1.06. The van der Waals surface area contributed by atoms with Crippen LogP contribution in [-0.2, 0) is 0 Å². The Morgan fingerprint density at radius 3 is 2.79 bits per heavy atom. The number of halogens is 1. The summed E-state index contributed by atoms with van der Waals surface area (Å²) in [5, 5.41) is 21.1. The Morgan fingerprint density at radius 2 is 2.21 bits per heavy atom. The minimum absolute atomic E-state index is 0.126. The summed E-state index contributed by atoms with van der Waals surface area (Å²) in [6.07, 6.45) is 0. The lowest BCUT2D eigenvalue weighted by Gasteiger charge is -2.01. The van der Waals surface area contributed by atoms with Crippen LogP contribution < -0.4 is 0 Å². The lowest BCUT2D eigenvalue weighted by Crippen LogP contribution is -1.94. The molecule has 0 aliphatic heterocycles. The first-order chi connectivity index (χ1) is 8.99. The Bertz CT molecular complexity index is 656. The molecule has 19 heavy (non-hydrogen) atoms. The van der Waals surface area contributed by atoms with E-state index in [9.17, 15) is 19.3 Å². The van der Waals surface area contributed by atoms with Crippen LogP contribution in [0.5, 0.6) is 0 Å². The number of thiophene rings is 1. The molecule has 1 aromatic carbocycles. The SMILES string of the molecule is O=C(O)c1cc(Sc2cccc(F)c2[N+](=O)[O-])cs1. The monoisotopic (exact) mass is 299 g/mol. The lowest BCUT2D eigenvalue weighted by atomic mass is 10.3. The van der Waals surface area contributed by atoms with Gasteiger partial charge >= 0.3 is 11.7 Å². The summed E-state index contributed by atoms with van der Waals surface area (Å²) in [7, 11) is 0. The highest BCUT2D eigenvalue weighted by Crippen LogP contribution is 2.37. The van der Waals surface area contributed by atoms with E-state index in [2.05, 4.69) is 0 Å². The second kappa shape index (κ2) is 5.37. The van der Waals surface area contributed by atoms with E-state index in [4.69, 9.17) is 5.11 Å². The smallest absolute Gasteiger partial charge is 0.345 e. The maximum absolute atomic E-state index is 13.4. The number of carboxylic acid groups (broad SMARTS) is 1. The molecule has 0 amide bonds. The van der Waals surface area contributed by atoms with Crippen molar-refractivity contribution in [2.45, 2.75) is 9.79 Å². The second-order valence-corrected chi connectivity index (χ2v) is 5.42. The molecule has 0 fully saturated rings. The van der Waals surface area contributed by atoms with Gasteiger partial charge in [-0.25, -0.2) is 4.79 Å². The molecule has 0 aliphatic rings. The predicted octanol–water partition coefficient (Wildman–Crippen LogP) is 3.64. The van der Waals surface area contributed by atoms with Crippen LogP contribution in [0.2, 0.25) is 0 Å². The third-order valence-electron chi connectivity index (χ3n) is 2.15. The zero-order valence-corrected chi connectivity index (χ0v) is 10.8. The molecule has 0 bridgehead atoms. The number of carbonyl (C=O) groups is 1. The molecule has 0 atom stereocenters. The van der Waals surface area contributed by atoms with Gasteiger partial charge in [0.2, 0.25) is 5.82 Å². The number of hydrogen-bond donors (Lipinski definition) is 1. The van der Waals surface area contributed by atoms with E-state index in [1.54, 1.807) is 5.38 Å². The van der Waals surface area contributed by atoms with Gasteiger partial charge in [0, 0.05) is 10.3 Å². The van der Waals surface area contributed by atoms with Crippen LogP contribution >= 0.6 is 23.1 Å². The molecule has 0 saturated heterocycles. The number of benzene rings is 1. The van der Waals surface area contributed by atoms with Gasteiger partial charge in [-0.15, -0.1) is 11.3 Å². The highest BCUT2D eigenvalue weighted by Gasteiger charge is 2.21. The number of nitro benzene ring substituents is 1. The molecule has 0 unspecified atom stereocenters. The van der Waals surface area contributed by atoms with Crippen molar-refractivity contribution in [2.75, 3.05) is 0 Å². The van der Waals surface area contributed by atoms with Gasteiger partial charge in [-0.2, -0.15) is 4.39 Å². The molecule has 0 saturated carbocycles. The molecule has 5 nitrogen and oxygen atoms in total. The van der Waals surface area contributed by atoms with Crippen molar-refractivity contribution >= 4 is 34.8 Å². The maximum atomic E-state index is 13.4. The summed E-state index contributed by atoms with van der Waals surface area (Å²) in [6, 6.07) is 5.20. The van der Waals surface area contributed by atoms with Crippen molar-refractivity contribution in [3.8, 4) is 0 Å². The highest BCUT2D eigenvalue weighted by atomic mass is 32.2. The van der Waals surface area contributed by atoms with Gasteiger partial charge in [-0.05, 0) is 18.2 Å². The van der Waals surface area contributed by atoms with Crippen molar-refractivity contribution in [2.24, 2.45) is 0 Å². The van der Waals surface area contributed by atoms with Crippen LogP contribution in [0.4, 0.5) is 10.1 Å². The van der Waals surface area contributed by atoms with Crippen molar-refractivity contribution in [3.05, 3.63) is 50.5 Å². The summed E-state index contributed by atoms with van der Waals surface area (Å²) < 4.78 is 13.4. The van der Waals surface area contributed by atoms with Crippen molar-refractivity contribution in [1.82, 2.24) is 0 Å². The molecule has 1 heterocycles. The first kappa shape index (κ1) is 13.5. The highest BCUT2D eigenvalue weighted by molar-refractivity contribution is 7.99. The normalized spacial score (nSPS) is 10.4. The fourth-order valence-corrected chi connectivity index (χ4v) is 3.23. The average molecular weight is 299 g/mol. The van der Waals surface area contributed by atoms with Crippen LogP contribution in [0.15, 0.2) is 39.4 Å². The van der Waals surface area contributed by atoms with Gasteiger partial charge in [0.15, 0.2) is 0 Å². The second-order valence-electron chi connectivity index (χ2n) is 3.40. The molecule has 2 rings (SSSR count). The Balaban J connectivity index is 2.35.